The number of nitrogens with zero attached hydrogens (tertiary/aromatic N) is 1. The molecule has 0 spiro atoms. The molecule has 0 atom stereocenters. The molecule has 0 radical (unpaired) electrons. The van der Waals surface area contributed by atoms with Gasteiger partial charge in [0.25, 0.3) is 0 Å². The number of carbonyl (C=O) groups is 2. The Morgan fingerprint density at radius 3 is 2.35 bits per heavy atom. The number of cyclic esters (lactones) is 1. The highest BCUT2D eigenvalue weighted by atomic mass is 16.5. The Morgan fingerprint density at radius 2 is 1.88 bits per heavy atom. The number of Topliss-reactive ketones (excluding diaryl/α,β-unsaturated/α-hetero) is 1. The maximum absolute atomic E-state index is 11.1. The first-order valence-electron chi connectivity index (χ1n) is 5.16. The Morgan fingerprint density at radius 1 is 1.24 bits per heavy atom. The van der Waals surface area contributed by atoms with Crippen LogP contribution in [-0.2, 0) is 9.53 Å². The molecule has 0 N–H and O–H groups in total. The first-order valence-corrected chi connectivity index (χ1v) is 5.16. The Balaban J connectivity index is 2.25. The minimum Gasteiger partial charge on any atom is -0.404 e. The molecule has 4 heteroatoms. The van der Waals surface area contributed by atoms with Crippen LogP contribution in [-0.4, -0.2) is 17.7 Å². The number of carbonyl (C=O) groups excluding carboxylic acids is 2. The lowest BCUT2D eigenvalue weighted by Crippen LogP contribution is -2.01. The van der Waals surface area contributed by atoms with Crippen LogP contribution >= 0.6 is 0 Å². The van der Waals surface area contributed by atoms with Gasteiger partial charge < -0.3 is 4.74 Å². The molecule has 1 aliphatic rings. The normalized spacial score (nSPS) is 16.9. The number of benzene rings is 1. The van der Waals surface area contributed by atoms with Crippen LogP contribution in [0.15, 0.2) is 40.9 Å². The highest BCUT2D eigenvalue weighted by Gasteiger charge is 2.17. The summed E-state index contributed by atoms with van der Waals surface area (Å²) in [6.45, 7) is 3.26. The standard InChI is InChI=1S/C13H11NO3/c1-8-7-12(16)17-13(8)14-11-5-3-10(4-6-11)9(2)15/h3-7H,1-2H3. The third-order valence-electron chi connectivity index (χ3n) is 2.37. The van der Waals surface area contributed by atoms with Crippen molar-refractivity contribution in [3.8, 4) is 0 Å². The van der Waals surface area contributed by atoms with E-state index in [0.717, 1.165) is 0 Å². The van der Waals surface area contributed by atoms with Gasteiger partial charge in [0, 0.05) is 17.2 Å². The zero-order chi connectivity index (χ0) is 12.4. The minimum absolute atomic E-state index is 0.00701. The molecule has 0 saturated carbocycles. The quantitative estimate of drug-likeness (QED) is 0.578. The number of ether oxygens (including phenoxy) is 1. The second-order valence-corrected chi connectivity index (χ2v) is 3.77. The summed E-state index contributed by atoms with van der Waals surface area (Å²) in [5.41, 5.74) is 1.97. The molecule has 2 rings (SSSR count). The van der Waals surface area contributed by atoms with E-state index in [1.165, 1.54) is 13.0 Å². The Hall–Kier alpha value is -2.23. The Bertz CT molecular complexity index is 538. The van der Waals surface area contributed by atoms with E-state index in [1.807, 2.05) is 0 Å². The molecular formula is C13H11NO3. The fraction of sp³-hybridized carbons (Fsp3) is 0.154. The summed E-state index contributed by atoms with van der Waals surface area (Å²) in [4.78, 5) is 26.2. The van der Waals surface area contributed by atoms with E-state index in [1.54, 1.807) is 31.2 Å². The van der Waals surface area contributed by atoms with Crippen molar-refractivity contribution in [3.05, 3.63) is 41.5 Å². The van der Waals surface area contributed by atoms with Gasteiger partial charge in [0.1, 0.15) is 0 Å². The van der Waals surface area contributed by atoms with Crippen molar-refractivity contribution in [2.24, 2.45) is 4.99 Å². The number of aliphatic imine (C=N–C) groups is 1. The van der Waals surface area contributed by atoms with E-state index in [4.69, 9.17) is 4.74 Å². The average molecular weight is 229 g/mol. The number of ketones is 1. The Kier molecular flexibility index (Phi) is 2.87. The lowest BCUT2D eigenvalue weighted by molar-refractivity contribution is -0.129. The van der Waals surface area contributed by atoms with Gasteiger partial charge in [0.15, 0.2) is 5.78 Å². The molecule has 0 bridgehead atoms. The Labute approximate surface area is 98.6 Å². The first-order chi connectivity index (χ1) is 8.06. The van der Waals surface area contributed by atoms with E-state index in [2.05, 4.69) is 4.99 Å². The summed E-state index contributed by atoms with van der Waals surface area (Å²) < 4.78 is 4.91. The molecule has 1 aromatic rings. The lowest BCUT2D eigenvalue weighted by Gasteiger charge is -2.00. The summed E-state index contributed by atoms with van der Waals surface area (Å²) in [7, 11) is 0. The zero-order valence-corrected chi connectivity index (χ0v) is 9.56. The SMILES string of the molecule is CC(=O)c1ccc(N=C2OC(=O)C=C2C)cc1. The average Bonchev–Trinajstić information content (AvgIpc) is 2.58. The molecule has 0 aliphatic carbocycles. The number of rotatable bonds is 2. The molecule has 0 fully saturated rings. The van der Waals surface area contributed by atoms with Crippen molar-refractivity contribution in [1.29, 1.82) is 0 Å². The van der Waals surface area contributed by atoms with Crippen LogP contribution in [0.1, 0.15) is 24.2 Å². The summed E-state index contributed by atoms with van der Waals surface area (Å²) in [6.07, 6.45) is 1.39. The second-order valence-electron chi connectivity index (χ2n) is 3.77. The van der Waals surface area contributed by atoms with E-state index in [9.17, 15) is 9.59 Å². The van der Waals surface area contributed by atoms with Gasteiger partial charge >= 0.3 is 5.97 Å². The smallest absolute Gasteiger partial charge is 0.337 e. The van der Waals surface area contributed by atoms with Gasteiger partial charge in [-0.1, -0.05) is 0 Å². The highest BCUT2D eigenvalue weighted by Crippen LogP contribution is 2.18. The molecule has 1 aliphatic heterocycles. The summed E-state index contributed by atoms with van der Waals surface area (Å²) in [6, 6.07) is 6.81. The zero-order valence-electron chi connectivity index (χ0n) is 9.56. The van der Waals surface area contributed by atoms with Gasteiger partial charge in [0.05, 0.1) is 5.69 Å². The van der Waals surface area contributed by atoms with Gasteiger partial charge in [-0.2, -0.15) is 0 Å². The van der Waals surface area contributed by atoms with Crippen molar-refractivity contribution >= 4 is 23.3 Å². The highest BCUT2D eigenvalue weighted by molar-refractivity contribution is 6.11. The summed E-state index contributed by atoms with van der Waals surface area (Å²) >= 11 is 0. The molecule has 1 heterocycles. The summed E-state index contributed by atoms with van der Waals surface area (Å²) in [5, 5.41) is 0. The largest absolute Gasteiger partial charge is 0.404 e. The predicted molar refractivity (Wildman–Crippen MR) is 63.4 cm³/mol. The molecular weight excluding hydrogens is 218 g/mol. The molecule has 86 valence electrons. The van der Waals surface area contributed by atoms with Gasteiger partial charge in [-0.25, -0.2) is 9.79 Å². The predicted octanol–water partition coefficient (Wildman–Crippen LogP) is 2.42. The minimum atomic E-state index is -0.401. The van der Waals surface area contributed by atoms with Gasteiger partial charge in [-0.15, -0.1) is 0 Å². The van der Waals surface area contributed by atoms with Crippen LogP contribution in [0.3, 0.4) is 0 Å². The lowest BCUT2D eigenvalue weighted by atomic mass is 10.1. The van der Waals surface area contributed by atoms with E-state index >= 15 is 0 Å². The summed E-state index contributed by atoms with van der Waals surface area (Å²) in [5.74, 6) is -0.0836. The second kappa shape index (κ2) is 4.33. The molecule has 4 nitrogen and oxygen atoms in total. The van der Waals surface area contributed by atoms with Crippen molar-refractivity contribution < 1.29 is 14.3 Å². The fourth-order valence-corrected chi connectivity index (χ4v) is 1.44. The molecule has 17 heavy (non-hydrogen) atoms. The van der Waals surface area contributed by atoms with Crippen molar-refractivity contribution in [1.82, 2.24) is 0 Å². The third-order valence-corrected chi connectivity index (χ3v) is 2.37. The van der Waals surface area contributed by atoms with Crippen LogP contribution in [0, 0.1) is 0 Å². The van der Waals surface area contributed by atoms with Crippen LogP contribution in [0.2, 0.25) is 0 Å². The number of hydrogen-bond donors (Lipinski definition) is 0. The maximum Gasteiger partial charge on any atom is 0.337 e. The number of esters is 1. The van der Waals surface area contributed by atoms with E-state index in [0.29, 0.717) is 22.7 Å². The van der Waals surface area contributed by atoms with Crippen molar-refractivity contribution in [2.75, 3.05) is 0 Å². The molecule has 1 aromatic carbocycles. The maximum atomic E-state index is 11.1. The van der Waals surface area contributed by atoms with Gasteiger partial charge in [0.2, 0.25) is 5.90 Å². The van der Waals surface area contributed by atoms with Gasteiger partial charge in [-0.3, -0.25) is 4.79 Å². The first kappa shape index (κ1) is 11.3. The number of hydrogen-bond acceptors (Lipinski definition) is 4. The fourth-order valence-electron chi connectivity index (χ4n) is 1.44. The molecule has 0 saturated heterocycles. The van der Waals surface area contributed by atoms with Crippen molar-refractivity contribution in [2.45, 2.75) is 13.8 Å². The van der Waals surface area contributed by atoms with Crippen LogP contribution < -0.4 is 0 Å². The molecule has 0 unspecified atom stereocenters. The molecule has 0 amide bonds. The van der Waals surface area contributed by atoms with Crippen LogP contribution in [0.25, 0.3) is 0 Å². The van der Waals surface area contributed by atoms with E-state index in [-0.39, 0.29) is 5.78 Å². The van der Waals surface area contributed by atoms with Gasteiger partial charge in [-0.05, 0) is 38.1 Å². The molecule has 0 aromatic heterocycles. The van der Waals surface area contributed by atoms with Crippen LogP contribution in [0.4, 0.5) is 5.69 Å². The van der Waals surface area contributed by atoms with Crippen LogP contribution in [0.5, 0.6) is 0 Å². The van der Waals surface area contributed by atoms with E-state index < -0.39 is 5.97 Å². The van der Waals surface area contributed by atoms with Crippen molar-refractivity contribution in [3.63, 3.8) is 0 Å². The monoisotopic (exact) mass is 229 g/mol. The topological polar surface area (TPSA) is 55.7 Å². The third kappa shape index (κ3) is 2.47.